The maximum atomic E-state index is 11.6. The molecule has 0 spiro atoms. The van der Waals surface area contributed by atoms with Gasteiger partial charge in [-0.25, -0.2) is 0 Å². The Bertz CT molecular complexity index is 406. The number of allylic oxidation sites excluding steroid dienone is 1. The summed E-state index contributed by atoms with van der Waals surface area (Å²) in [5.41, 5.74) is 2.12. The van der Waals surface area contributed by atoms with Gasteiger partial charge >= 0.3 is 0 Å². The Hall–Kier alpha value is -1.41. The van der Waals surface area contributed by atoms with Gasteiger partial charge in [0.05, 0.1) is 6.10 Å². The molecule has 1 atom stereocenters. The van der Waals surface area contributed by atoms with E-state index in [4.69, 9.17) is 0 Å². The molecule has 0 amide bonds. The zero-order chi connectivity index (χ0) is 12.1. The third kappa shape index (κ3) is 3.53. The van der Waals surface area contributed by atoms with E-state index in [0.29, 0.717) is 12.8 Å². The average molecular weight is 230 g/mol. The van der Waals surface area contributed by atoms with Crippen molar-refractivity contribution in [3.63, 3.8) is 0 Å². The second-order valence-corrected chi connectivity index (χ2v) is 4.56. The largest absolute Gasteiger partial charge is 0.389 e. The fourth-order valence-corrected chi connectivity index (χ4v) is 2.20. The van der Waals surface area contributed by atoms with Crippen LogP contribution in [0, 0.1) is 0 Å². The highest BCUT2D eigenvalue weighted by atomic mass is 16.3. The molecule has 0 saturated heterocycles. The zero-order valence-electron chi connectivity index (χ0n) is 9.93. The number of aliphatic hydroxyl groups excluding tert-OH is 1. The highest BCUT2D eigenvalue weighted by molar-refractivity contribution is 5.96. The monoisotopic (exact) mass is 230 g/mol. The van der Waals surface area contributed by atoms with Gasteiger partial charge in [0, 0.05) is 6.42 Å². The number of carbonyl (C=O) groups is 1. The molecule has 90 valence electrons. The van der Waals surface area contributed by atoms with E-state index in [9.17, 15) is 9.90 Å². The van der Waals surface area contributed by atoms with Gasteiger partial charge in [-0.1, -0.05) is 30.3 Å². The minimum Gasteiger partial charge on any atom is -0.389 e. The standard InChI is InChI=1S/C15H18O2/c16-14-9-10-15(17)13(11-14)8-4-7-12-5-2-1-3-6-12/h1-3,5-6,11,14,16H,4,7-10H2/t14-/m1/s1. The van der Waals surface area contributed by atoms with Gasteiger partial charge in [-0.2, -0.15) is 0 Å². The molecule has 0 fully saturated rings. The van der Waals surface area contributed by atoms with Crippen LogP contribution in [0.2, 0.25) is 0 Å². The van der Waals surface area contributed by atoms with E-state index in [1.165, 1.54) is 5.56 Å². The van der Waals surface area contributed by atoms with Crippen molar-refractivity contribution in [1.29, 1.82) is 0 Å². The molecule has 0 aliphatic heterocycles. The first-order valence-corrected chi connectivity index (χ1v) is 6.21. The summed E-state index contributed by atoms with van der Waals surface area (Å²) in [6.07, 6.45) is 5.14. The van der Waals surface area contributed by atoms with Gasteiger partial charge in [0.1, 0.15) is 0 Å². The van der Waals surface area contributed by atoms with Crippen LogP contribution in [0.4, 0.5) is 0 Å². The molecule has 0 bridgehead atoms. The van der Waals surface area contributed by atoms with Crippen molar-refractivity contribution in [2.75, 3.05) is 0 Å². The van der Waals surface area contributed by atoms with E-state index in [1.807, 2.05) is 18.2 Å². The SMILES string of the molecule is O=C1CC[C@@H](O)C=C1CCCc1ccccc1. The number of carbonyl (C=O) groups excluding carboxylic acids is 1. The van der Waals surface area contributed by atoms with E-state index >= 15 is 0 Å². The quantitative estimate of drug-likeness (QED) is 0.863. The Morgan fingerprint density at radius 3 is 2.71 bits per heavy atom. The summed E-state index contributed by atoms with van der Waals surface area (Å²) in [6, 6.07) is 10.3. The Balaban J connectivity index is 1.84. The molecule has 1 aromatic rings. The topological polar surface area (TPSA) is 37.3 Å². The first-order valence-electron chi connectivity index (χ1n) is 6.21. The smallest absolute Gasteiger partial charge is 0.158 e. The second-order valence-electron chi connectivity index (χ2n) is 4.56. The molecule has 2 rings (SSSR count). The predicted octanol–water partition coefficient (Wildman–Crippen LogP) is 2.66. The summed E-state index contributed by atoms with van der Waals surface area (Å²) in [7, 11) is 0. The Labute approximate surface area is 102 Å². The van der Waals surface area contributed by atoms with E-state index in [-0.39, 0.29) is 5.78 Å². The summed E-state index contributed by atoms with van der Waals surface area (Å²) >= 11 is 0. The molecule has 1 N–H and O–H groups in total. The molecule has 2 heteroatoms. The fourth-order valence-electron chi connectivity index (χ4n) is 2.20. The van der Waals surface area contributed by atoms with Crippen LogP contribution in [-0.2, 0) is 11.2 Å². The van der Waals surface area contributed by atoms with Crippen molar-refractivity contribution in [3.05, 3.63) is 47.5 Å². The third-order valence-corrected chi connectivity index (χ3v) is 3.17. The number of aliphatic hydroxyl groups is 1. The lowest BCUT2D eigenvalue weighted by Gasteiger charge is -2.15. The van der Waals surface area contributed by atoms with Crippen LogP contribution in [0.25, 0.3) is 0 Å². The zero-order valence-corrected chi connectivity index (χ0v) is 9.93. The Morgan fingerprint density at radius 1 is 1.18 bits per heavy atom. The average Bonchev–Trinajstić information content (AvgIpc) is 2.35. The molecular formula is C15H18O2. The fraction of sp³-hybridized carbons (Fsp3) is 0.400. The first-order chi connectivity index (χ1) is 8.25. The van der Waals surface area contributed by atoms with Crippen molar-refractivity contribution >= 4 is 5.78 Å². The van der Waals surface area contributed by atoms with Crippen LogP contribution >= 0.6 is 0 Å². The van der Waals surface area contributed by atoms with E-state index in [1.54, 1.807) is 6.08 Å². The van der Waals surface area contributed by atoms with Gasteiger partial charge < -0.3 is 5.11 Å². The normalized spacial score (nSPS) is 20.2. The van der Waals surface area contributed by atoms with Crippen LogP contribution in [0.1, 0.15) is 31.2 Å². The number of hydrogen-bond acceptors (Lipinski definition) is 2. The van der Waals surface area contributed by atoms with Crippen molar-refractivity contribution in [2.45, 2.75) is 38.2 Å². The highest BCUT2D eigenvalue weighted by Crippen LogP contribution is 2.19. The number of ketones is 1. The molecule has 17 heavy (non-hydrogen) atoms. The number of Topliss-reactive ketones (excluding diaryl/α,β-unsaturated/α-hetero) is 1. The lowest BCUT2D eigenvalue weighted by molar-refractivity contribution is -0.116. The van der Waals surface area contributed by atoms with Gasteiger partial charge in [-0.3, -0.25) is 4.79 Å². The number of hydrogen-bond donors (Lipinski definition) is 1. The molecule has 0 heterocycles. The van der Waals surface area contributed by atoms with Crippen molar-refractivity contribution in [2.24, 2.45) is 0 Å². The predicted molar refractivity (Wildman–Crippen MR) is 67.7 cm³/mol. The highest BCUT2D eigenvalue weighted by Gasteiger charge is 2.17. The molecule has 1 aromatic carbocycles. The van der Waals surface area contributed by atoms with E-state index in [0.717, 1.165) is 24.8 Å². The molecule has 0 radical (unpaired) electrons. The molecular weight excluding hydrogens is 212 g/mol. The molecule has 0 aromatic heterocycles. The molecule has 0 unspecified atom stereocenters. The lowest BCUT2D eigenvalue weighted by Crippen LogP contribution is -2.17. The van der Waals surface area contributed by atoms with Crippen LogP contribution in [0.3, 0.4) is 0 Å². The molecule has 1 aliphatic carbocycles. The maximum absolute atomic E-state index is 11.6. The van der Waals surface area contributed by atoms with Gasteiger partial charge in [0.2, 0.25) is 0 Å². The summed E-state index contributed by atoms with van der Waals surface area (Å²) in [6.45, 7) is 0. The molecule has 1 aliphatic rings. The molecule has 2 nitrogen and oxygen atoms in total. The van der Waals surface area contributed by atoms with Crippen LogP contribution in [-0.4, -0.2) is 17.0 Å². The van der Waals surface area contributed by atoms with Crippen molar-refractivity contribution < 1.29 is 9.90 Å². The third-order valence-electron chi connectivity index (χ3n) is 3.17. The minimum atomic E-state index is -0.417. The summed E-state index contributed by atoms with van der Waals surface area (Å²) in [4.78, 5) is 11.6. The lowest BCUT2D eigenvalue weighted by atomic mass is 9.92. The Morgan fingerprint density at radius 2 is 1.94 bits per heavy atom. The Kier molecular flexibility index (Phi) is 4.10. The molecule has 0 saturated carbocycles. The number of benzene rings is 1. The number of rotatable bonds is 4. The van der Waals surface area contributed by atoms with Crippen LogP contribution in [0.5, 0.6) is 0 Å². The van der Waals surface area contributed by atoms with Gasteiger partial charge in [-0.05, 0) is 42.9 Å². The van der Waals surface area contributed by atoms with Gasteiger partial charge in [0.15, 0.2) is 5.78 Å². The van der Waals surface area contributed by atoms with E-state index < -0.39 is 6.10 Å². The van der Waals surface area contributed by atoms with E-state index in [2.05, 4.69) is 12.1 Å². The van der Waals surface area contributed by atoms with Gasteiger partial charge in [-0.15, -0.1) is 0 Å². The maximum Gasteiger partial charge on any atom is 0.158 e. The van der Waals surface area contributed by atoms with Crippen LogP contribution < -0.4 is 0 Å². The minimum absolute atomic E-state index is 0.211. The van der Waals surface area contributed by atoms with Crippen molar-refractivity contribution in [1.82, 2.24) is 0 Å². The first kappa shape index (κ1) is 12.1. The van der Waals surface area contributed by atoms with Gasteiger partial charge in [0.25, 0.3) is 0 Å². The second kappa shape index (κ2) is 5.78. The summed E-state index contributed by atoms with van der Waals surface area (Å²) in [5, 5.41) is 9.49. The summed E-state index contributed by atoms with van der Waals surface area (Å²) < 4.78 is 0. The summed E-state index contributed by atoms with van der Waals surface area (Å²) in [5.74, 6) is 0.211. The van der Waals surface area contributed by atoms with Crippen molar-refractivity contribution in [3.8, 4) is 0 Å². The van der Waals surface area contributed by atoms with Crippen LogP contribution in [0.15, 0.2) is 42.0 Å². The number of aryl methyl sites for hydroxylation is 1.